The number of hydrogen-bond acceptors (Lipinski definition) is 7. The average molecular weight is 386 g/mol. The second-order valence-corrected chi connectivity index (χ2v) is 5.70. The lowest BCUT2D eigenvalue weighted by Crippen LogP contribution is -2.17. The summed E-state index contributed by atoms with van der Waals surface area (Å²) in [5.74, 6) is 0. The first-order chi connectivity index (χ1) is 13.4. The molecule has 1 aromatic carbocycles. The van der Waals surface area contributed by atoms with E-state index in [0.717, 1.165) is 6.54 Å². The van der Waals surface area contributed by atoms with Crippen molar-refractivity contribution in [1.29, 1.82) is 0 Å². The summed E-state index contributed by atoms with van der Waals surface area (Å²) in [5.41, 5.74) is 1.17. The van der Waals surface area contributed by atoms with Crippen molar-refractivity contribution in [2.24, 2.45) is 0 Å². The van der Waals surface area contributed by atoms with Crippen LogP contribution in [0.2, 0.25) is 0 Å². The standard InChI is InChI=1S/C20H35NO6/c1-21-7-8-22-9-10-23-11-12-24-13-14-25-15-16-26-17-18-27-19-20-5-3-2-4-6-20/h2-6,21H,7-19H2,1H3. The van der Waals surface area contributed by atoms with Crippen LogP contribution in [-0.2, 0) is 35.0 Å². The molecule has 0 aliphatic carbocycles. The minimum atomic E-state index is 0.557. The van der Waals surface area contributed by atoms with Gasteiger partial charge in [-0.25, -0.2) is 0 Å². The quantitative estimate of drug-likeness (QED) is 0.341. The van der Waals surface area contributed by atoms with Crippen LogP contribution in [0.25, 0.3) is 0 Å². The van der Waals surface area contributed by atoms with Gasteiger partial charge in [-0.05, 0) is 12.6 Å². The monoisotopic (exact) mass is 385 g/mol. The summed E-state index contributed by atoms with van der Waals surface area (Å²) < 4.78 is 32.6. The fourth-order valence-electron chi connectivity index (χ4n) is 2.04. The Morgan fingerprint density at radius 3 is 1.41 bits per heavy atom. The lowest BCUT2D eigenvalue weighted by atomic mass is 10.2. The van der Waals surface area contributed by atoms with Crippen molar-refractivity contribution in [1.82, 2.24) is 5.32 Å². The minimum Gasteiger partial charge on any atom is -0.378 e. The number of rotatable bonds is 20. The summed E-state index contributed by atoms with van der Waals surface area (Å²) in [6.45, 7) is 7.91. The molecule has 1 aromatic rings. The number of likely N-dealkylation sites (N-methyl/N-ethyl adjacent to an activating group) is 1. The van der Waals surface area contributed by atoms with Gasteiger partial charge in [0.1, 0.15) is 0 Å². The van der Waals surface area contributed by atoms with Crippen molar-refractivity contribution < 1.29 is 28.4 Å². The van der Waals surface area contributed by atoms with Crippen LogP contribution in [0.3, 0.4) is 0 Å². The molecule has 0 heterocycles. The maximum absolute atomic E-state index is 5.54. The SMILES string of the molecule is CNCCOCCOCCOCCOCCOCCOCc1ccccc1. The van der Waals surface area contributed by atoms with E-state index in [1.165, 1.54) is 5.56 Å². The third-order valence-corrected chi connectivity index (χ3v) is 3.47. The number of hydrogen-bond donors (Lipinski definition) is 1. The van der Waals surface area contributed by atoms with Crippen LogP contribution in [-0.4, -0.2) is 86.3 Å². The van der Waals surface area contributed by atoms with Gasteiger partial charge in [-0.15, -0.1) is 0 Å². The highest BCUT2D eigenvalue weighted by Gasteiger charge is 1.95. The van der Waals surface area contributed by atoms with Crippen molar-refractivity contribution in [3.8, 4) is 0 Å². The van der Waals surface area contributed by atoms with Crippen LogP contribution >= 0.6 is 0 Å². The number of nitrogens with one attached hydrogen (secondary N) is 1. The van der Waals surface area contributed by atoms with Crippen molar-refractivity contribution in [3.63, 3.8) is 0 Å². The van der Waals surface area contributed by atoms with E-state index in [9.17, 15) is 0 Å². The molecular weight excluding hydrogens is 350 g/mol. The zero-order valence-corrected chi connectivity index (χ0v) is 16.5. The molecule has 0 fully saturated rings. The molecule has 0 aliphatic heterocycles. The van der Waals surface area contributed by atoms with E-state index in [1.807, 2.05) is 37.4 Å². The van der Waals surface area contributed by atoms with Crippen molar-refractivity contribution in [3.05, 3.63) is 35.9 Å². The average Bonchev–Trinajstić information content (AvgIpc) is 2.70. The second-order valence-electron chi connectivity index (χ2n) is 5.70. The van der Waals surface area contributed by atoms with E-state index in [2.05, 4.69) is 5.32 Å². The summed E-state index contributed by atoms with van der Waals surface area (Å²) in [5, 5.41) is 3.02. The summed E-state index contributed by atoms with van der Waals surface area (Å²) in [7, 11) is 1.90. The molecule has 0 radical (unpaired) electrons. The number of ether oxygens (including phenoxy) is 6. The van der Waals surface area contributed by atoms with Gasteiger partial charge in [0.2, 0.25) is 0 Å². The summed E-state index contributed by atoms with van der Waals surface area (Å²) in [6.07, 6.45) is 0. The van der Waals surface area contributed by atoms with Crippen LogP contribution in [0.15, 0.2) is 30.3 Å². The second kappa shape index (κ2) is 19.7. The predicted octanol–water partition coefficient (Wildman–Crippen LogP) is 1.51. The van der Waals surface area contributed by atoms with Crippen molar-refractivity contribution >= 4 is 0 Å². The molecule has 0 aromatic heterocycles. The molecule has 1 rings (SSSR count). The Morgan fingerprint density at radius 2 is 0.963 bits per heavy atom. The Bertz CT molecular complexity index is 407. The van der Waals surface area contributed by atoms with E-state index in [-0.39, 0.29) is 0 Å². The van der Waals surface area contributed by atoms with Gasteiger partial charge in [-0.3, -0.25) is 0 Å². The molecule has 7 heteroatoms. The highest BCUT2D eigenvalue weighted by Crippen LogP contribution is 1.99. The Labute approximate surface area is 163 Å². The molecule has 0 spiro atoms. The maximum atomic E-state index is 5.54. The third kappa shape index (κ3) is 16.8. The molecule has 27 heavy (non-hydrogen) atoms. The minimum absolute atomic E-state index is 0.557. The van der Waals surface area contributed by atoms with Gasteiger partial charge < -0.3 is 33.7 Å². The molecule has 0 atom stereocenters. The Balaban J connectivity index is 1.67. The van der Waals surface area contributed by atoms with Crippen LogP contribution in [0.1, 0.15) is 5.56 Å². The van der Waals surface area contributed by atoms with Gasteiger partial charge in [0.05, 0.1) is 79.3 Å². The zero-order chi connectivity index (χ0) is 19.3. The molecular formula is C20H35NO6. The Kier molecular flexibility index (Phi) is 17.5. The van der Waals surface area contributed by atoms with Gasteiger partial charge in [-0.1, -0.05) is 30.3 Å². The molecule has 0 bridgehead atoms. The molecule has 0 unspecified atom stereocenters. The van der Waals surface area contributed by atoms with E-state index in [1.54, 1.807) is 0 Å². The smallest absolute Gasteiger partial charge is 0.0718 e. The molecule has 7 nitrogen and oxygen atoms in total. The molecule has 0 saturated heterocycles. The van der Waals surface area contributed by atoms with Crippen molar-refractivity contribution in [2.45, 2.75) is 6.61 Å². The van der Waals surface area contributed by atoms with E-state index in [4.69, 9.17) is 28.4 Å². The fourth-order valence-corrected chi connectivity index (χ4v) is 2.04. The van der Waals surface area contributed by atoms with Crippen molar-refractivity contribution in [2.75, 3.05) is 86.3 Å². The predicted molar refractivity (Wildman–Crippen MR) is 104 cm³/mol. The van der Waals surface area contributed by atoms with Crippen LogP contribution in [0, 0.1) is 0 Å². The van der Waals surface area contributed by atoms with Gasteiger partial charge >= 0.3 is 0 Å². The first kappa shape index (κ1) is 24.0. The van der Waals surface area contributed by atoms with Gasteiger partial charge in [0.15, 0.2) is 0 Å². The van der Waals surface area contributed by atoms with E-state index < -0.39 is 0 Å². The highest BCUT2D eigenvalue weighted by atomic mass is 16.6. The van der Waals surface area contributed by atoms with Gasteiger partial charge in [0.25, 0.3) is 0 Å². The number of benzene rings is 1. The lowest BCUT2D eigenvalue weighted by Gasteiger charge is -2.08. The Morgan fingerprint density at radius 1 is 0.556 bits per heavy atom. The van der Waals surface area contributed by atoms with E-state index in [0.29, 0.717) is 79.3 Å². The lowest BCUT2D eigenvalue weighted by molar-refractivity contribution is -0.0175. The molecule has 0 aliphatic rings. The largest absolute Gasteiger partial charge is 0.378 e. The molecule has 0 amide bonds. The van der Waals surface area contributed by atoms with Crippen LogP contribution in [0.5, 0.6) is 0 Å². The Hall–Kier alpha value is -1.06. The normalized spacial score (nSPS) is 11.1. The maximum Gasteiger partial charge on any atom is 0.0718 e. The zero-order valence-electron chi connectivity index (χ0n) is 16.5. The molecule has 0 saturated carbocycles. The molecule has 156 valence electrons. The summed E-state index contributed by atoms with van der Waals surface area (Å²) >= 11 is 0. The van der Waals surface area contributed by atoms with E-state index >= 15 is 0 Å². The molecule has 1 N–H and O–H groups in total. The summed E-state index contributed by atoms with van der Waals surface area (Å²) in [4.78, 5) is 0. The highest BCUT2D eigenvalue weighted by molar-refractivity contribution is 5.13. The first-order valence-corrected chi connectivity index (χ1v) is 9.58. The van der Waals surface area contributed by atoms with Gasteiger partial charge in [-0.2, -0.15) is 0 Å². The topological polar surface area (TPSA) is 67.4 Å². The fraction of sp³-hybridized carbons (Fsp3) is 0.700. The van der Waals surface area contributed by atoms with Crippen LogP contribution < -0.4 is 5.32 Å². The van der Waals surface area contributed by atoms with Crippen LogP contribution in [0.4, 0.5) is 0 Å². The first-order valence-electron chi connectivity index (χ1n) is 9.58. The summed E-state index contributed by atoms with van der Waals surface area (Å²) in [6, 6.07) is 10.1. The third-order valence-electron chi connectivity index (χ3n) is 3.47. The van der Waals surface area contributed by atoms with Gasteiger partial charge in [0, 0.05) is 6.54 Å².